The zero-order valence-corrected chi connectivity index (χ0v) is 63.8. The Morgan fingerprint density at radius 2 is 0.947 bits per heavy atom. The van der Waals surface area contributed by atoms with Crippen molar-refractivity contribution in [1.82, 2.24) is 0 Å². The number of ether oxygens (including phenoxy) is 16. The molecule has 5 aliphatic carbocycles. The Hall–Kier alpha value is -2.31. The average molecular weight is 1640 g/mol. The molecule has 4 saturated carbocycles. The van der Waals surface area contributed by atoms with Crippen molar-refractivity contribution in [2.24, 2.45) is 50.2 Å². The zero-order chi connectivity index (χ0) is 82.2. The molecule has 8 heterocycles. The van der Waals surface area contributed by atoms with Crippen molar-refractivity contribution in [3.8, 4) is 0 Å². The van der Waals surface area contributed by atoms with Gasteiger partial charge in [0.1, 0.15) is 151 Å². The van der Waals surface area contributed by atoms with Gasteiger partial charge in [0, 0.05) is 5.41 Å². The number of hydrogen-bond donors (Lipinski definition) is 23. The topological polar surface area (TPSA) is 630 Å². The maximum absolute atomic E-state index is 15.9. The second kappa shape index (κ2) is 33.5. The summed E-state index contributed by atoms with van der Waals surface area (Å²) in [6.45, 7) is 7.15. The van der Waals surface area contributed by atoms with Gasteiger partial charge in [-0.2, -0.15) is 0 Å². The Kier molecular flexibility index (Phi) is 26.2. The Morgan fingerprint density at radius 3 is 1.56 bits per heavy atom. The van der Waals surface area contributed by atoms with Crippen LogP contribution in [-0.2, 0) is 80.6 Å². The summed E-state index contributed by atoms with van der Waals surface area (Å²) in [7, 11) is 0. The fourth-order valence-electron chi connectivity index (χ4n) is 21.3. The molecule has 8 saturated heterocycles. The first-order valence-corrected chi connectivity index (χ1v) is 39.1. The van der Waals surface area contributed by atoms with Crippen LogP contribution in [0.5, 0.6) is 0 Å². The minimum absolute atomic E-state index is 0.0164. The number of aliphatic hydroxyl groups is 23. The number of rotatable bonds is 20. The van der Waals surface area contributed by atoms with E-state index in [2.05, 4.69) is 40.7 Å². The normalized spacial score (nSPS) is 55.5. The third kappa shape index (κ3) is 15.4. The van der Waals surface area contributed by atoms with E-state index >= 15 is 4.79 Å². The van der Waals surface area contributed by atoms with E-state index in [1.165, 1.54) is 6.92 Å². The summed E-state index contributed by atoms with van der Waals surface area (Å²) in [5.74, 6) is -2.33. The van der Waals surface area contributed by atoms with Crippen LogP contribution in [0.25, 0.3) is 0 Å². The van der Waals surface area contributed by atoms with E-state index < -0.39 is 337 Å². The summed E-state index contributed by atoms with van der Waals surface area (Å²) in [4.78, 5) is 15.9. The van der Waals surface area contributed by atoms with Gasteiger partial charge in [0.05, 0.1) is 83.9 Å². The Balaban J connectivity index is 0.729. The standard InChI is InChI=1S/C73H118O40/c1-26-51(106-60-48(93)52(33(82)22-100-60)107-65-57(72(97,24-77)25-102-65)112-61-47(92)44(89)42(87)34(17-74)104-61)54(109-59-46(91)40(85)31(80)20-99-59)50(95)62(103-26)110-55-41(86)32(81)21-101-64(55)113-66(96)73-13-12-67(2,3)14-28(73)27-8-9-37-68(4)15-29(78)56(69(5,23-76)36(68)10-11-70(37,6)71(27,7)16-38(73)83)111-63-49(94)53(43(88)35(18-75)105-63)108-58-45(90)39(84)30(79)19-98-58/h8,26,28-65,74-95,97H,9-25H2,1-7H3/t26-,28-,29-,30+,31-,32-,33+,34+,35+,36+,37+,38+,39-,40-,41-,42-,43+,44-,45+,46+,47+,48+,49+,50+,51-,52-,53-,54-,55+,56?,57-,58-,59-,60-,61-,62-,63-,64-,65-,68-,69-,70+,71+,72+,73+/m0/s1. The maximum Gasteiger partial charge on any atom is 0.317 e. The summed E-state index contributed by atoms with van der Waals surface area (Å²) >= 11 is 0. The van der Waals surface area contributed by atoms with Gasteiger partial charge in [-0.3, -0.25) is 4.79 Å². The van der Waals surface area contributed by atoms with Gasteiger partial charge in [0.25, 0.3) is 0 Å². The average Bonchev–Trinajstić information content (AvgIpc) is 1.08. The molecule has 0 amide bonds. The predicted octanol–water partition coefficient (Wildman–Crippen LogP) is -9.60. The minimum Gasteiger partial charge on any atom is -0.432 e. The molecule has 0 spiro atoms. The van der Waals surface area contributed by atoms with Crippen LogP contribution in [0.3, 0.4) is 0 Å². The van der Waals surface area contributed by atoms with Crippen molar-refractivity contribution >= 4 is 5.97 Å². The molecule has 23 N–H and O–H groups in total. The summed E-state index contributed by atoms with van der Waals surface area (Å²) in [6, 6.07) is 0. The molecule has 1 unspecified atom stereocenters. The molecule has 0 radical (unpaired) electrons. The predicted molar refractivity (Wildman–Crippen MR) is 366 cm³/mol. The van der Waals surface area contributed by atoms with Crippen LogP contribution in [0, 0.1) is 50.2 Å². The number of aliphatic hydroxyl groups excluding tert-OH is 22. The number of fused-ring (bicyclic) bond motifs is 7. The van der Waals surface area contributed by atoms with Crippen LogP contribution in [0.4, 0.5) is 0 Å². The molecule has 0 bridgehead atoms. The van der Waals surface area contributed by atoms with Crippen molar-refractivity contribution in [3.63, 3.8) is 0 Å². The monoisotopic (exact) mass is 1630 g/mol. The molecule has 113 heavy (non-hydrogen) atoms. The second-order valence-corrected chi connectivity index (χ2v) is 35.5. The van der Waals surface area contributed by atoms with Crippen LogP contribution in [-0.4, -0.2) is 410 Å². The molecule has 650 valence electrons. The Labute approximate surface area is 649 Å². The van der Waals surface area contributed by atoms with Gasteiger partial charge in [0.2, 0.25) is 6.29 Å². The highest BCUT2D eigenvalue weighted by atomic mass is 16.8. The van der Waals surface area contributed by atoms with Gasteiger partial charge >= 0.3 is 5.97 Å². The molecule has 0 aromatic carbocycles. The van der Waals surface area contributed by atoms with Crippen LogP contribution < -0.4 is 0 Å². The van der Waals surface area contributed by atoms with Crippen molar-refractivity contribution in [2.75, 3.05) is 59.5 Å². The fourth-order valence-corrected chi connectivity index (χ4v) is 21.3. The molecule has 40 nitrogen and oxygen atoms in total. The summed E-state index contributed by atoms with van der Waals surface area (Å²) in [5.41, 5.74) is -7.22. The molecular weight excluding hydrogens is 1520 g/mol. The van der Waals surface area contributed by atoms with Gasteiger partial charge < -0.3 is 193 Å². The van der Waals surface area contributed by atoms with Gasteiger partial charge in [-0.1, -0.05) is 53.2 Å². The number of hydrogen-bond acceptors (Lipinski definition) is 40. The zero-order valence-electron chi connectivity index (χ0n) is 63.8. The van der Waals surface area contributed by atoms with Crippen molar-refractivity contribution < 1.29 is 198 Å². The number of carbonyl (C=O) groups excluding carboxylic acids is 1. The largest absolute Gasteiger partial charge is 0.432 e. The molecular formula is C73H118O40. The molecule has 12 fully saturated rings. The van der Waals surface area contributed by atoms with E-state index in [1.54, 1.807) is 6.92 Å². The van der Waals surface area contributed by atoms with Gasteiger partial charge in [0.15, 0.2) is 50.1 Å². The highest BCUT2D eigenvalue weighted by Crippen LogP contribution is 2.76. The third-order valence-corrected chi connectivity index (χ3v) is 28.1. The molecule has 13 aliphatic rings. The van der Waals surface area contributed by atoms with E-state index in [0.29, 0.717) is 32.1 Å². The van der Waals surface area contributed by atoms with E-state index in [-0.39, 0.29) is 25.2 Å². The lowest BCUT2D eigenvalue weighted by atomic mass is 9.33. The first kappa shape index (κ1) is 88.5. The summed E-state index contributed by atoms with van der Waals surface area (Å²) in [5, 5.41) is 257. The first-order valence-electron chi connectivity index (χ1n) is 39.1. The summed E-state index contributed by atoms with van der Waals surface area (Å²) in [6.07, 6.45) is -59.3. The van der Waals surface area contributed by atoms with E-state index in [9.17, 15) is 117 Å². The second-order valence-electron chi connectivity index (χ2n) is 35.5. The van der Waals surface area contributed by atoms with E-state index in [1.807, 2.05) is 0 Å². The highest BCUT2D eigenvalue weighted by Gasteiger charge is 2.74. The van der Waals surface area contributed by atoms with E-state index in [0.717, 1.165) is 5.57 Å². The smallest absolute Gasteiger partial charge is 0.317 e. The van der Waals surface area contributed by atoms with Crippen molar-refractivity contribution in [2.45, 2.75) is 327 Å². The lowest BCUT2D eigenvalue weighted by molar-refractivity contribution is -0.391. The lowest BCUT2D eigenvalue weighted by Gasteiger charge is -2.72. The van der Waals surface area contributed by atoms with Crippen LogP contribution >= 0.6 is 0 Å². The Bertz CT molecular complexity index is 3260. The van der Waals surface area contributed by atoms with Gasteiger partial charge in [-0.15, -0.1) is 0 Å². The van der Waals surface area contributed by atoms with Crippen LogP contribution in [0.2, 0.25) is 0 Å². The fraction of sp³-hybridized carbons (Fsp3) is 0.959. The van der Waals surface area contributed by atoms with Gasteiger partial charge in [-0.05, 0) is 97.7 Å². The summed E-state index contributed by atoms with van der Waals surface area (Å²) < 4.78 is 95.5. The number of esters is 1. The molecule has 13 rings (SSSR count). The number of allylic oxidation sites excluding steroid dienone is 2. The first-order chi connectivity index (χ1) is 53.1. The van der Waals surface area contributed by atoms with Crippen molar-refractivity contribution in [1.29, 1.82) is 0 Å². The molecule has 45 atom stereocenters. The van der Waals surface area contributed by atoms with Crippen LogP contribution in [0.15, 0.2) is 11.6 Å². The molecule has 0 aromatic heterocycles. The molecule has 8 aliphatic heterocycles. The molecule has 40 heteroatoms. The van der Waals surface area contributed by atoms with E-state index in [4.69, 9.17) is 75.8 Å². The van der Waals surface area contributed by atoms with Crippen molar-refractivity contribution in [3.05, 3.63) is 11.6 Å². The maximum atomic E-state index is 15.9. The SMILES string of the molecule is C[C@@H]1O[C@@H](O[C@H]2[C@H](OC(=O)[C@]34CCC(C)(C)C[C@H]3C3=CC[C@@H]5[C@@]6(C)C[C@H](O)C(O[C@@H]7O[C@H](CO)[C@@H](O)[C@H](O[C@@H]8OC[C@@H](O)[C@H](O)[C@H]8O)[C@H]7O)[C@@](C)(CO)[C@@H]6CC[C@@]5(C)[C@]3(C)C[C@H]4O)OC[C@H](O)[C@@H]2O)[C@H](O)[C@H](O[C@@H]2OC[C@H](O)[C@H](O)[C@H]2O)[C@H]1O[C@@H]1OC[C@@H](O)[C@H](O[C@@H]2OC[C@](O)(CO)[C@H]2O[C@@H]2O[C@H](CO)[C@H](O)[C@H](O)[C@H]2O)[C@H]1O. The van der Waals surface area contributed by atoms with Crippen LogP contribution in [0.1, 0.15) is 99.8 Å². The Morgan fingerprint density at radius 1 is 0.442 bits per heavy atom. The molecule has 0 aromatic rings. The highest BCUT2D eigenvalue weighted by molar-refractivity contribution is 5.80. The number of carbonyl (C=O) groups is 1. The lowest BCUT2D eigenvalue weighted by Crippen LogP contribution is -2.71. The third-order valence-electron chi connectivity index (χ3n) is 28.1. The minimum atomic E-state index is -2.35. The quantitative estimate of drug-likeness (QED) is 0.0306. The van der Waals surface area contributed by atoms with Gasteiger partial charge in [-0.25, -0.2) is 0 Å².